The number of hydrogen-bond donors (Lipinski definition) is 2. The van der Waals surface area contributed by atoms with Crippen LogP contribution in [0.25, 0.3) is 0 Å². The first-order valence-corrected chi connectivity index (χ1v) is 8.29. The molecule has 6 nitrogen and oxygen atoms in total. The molecule has 0 aromatic carbocycles. The molecule has 1 amide bonds. The van der Waals surface area contributed by atoms with Crippen LogP contribution in [0.1, 0.15) is 36.8 Å². The third-order valence-corrected chi connectivity index (χ3v) is 3.58. The van der Waals surface area contributed by atoms with Gasteiger partial charge in [-0.05, 0) is 12.1 Å². The van der Waals surface area contributed by atoms with Crippen LogP contribution in [-0.4, -0.2) is 37.9 Å². The predicted octanol–water partition coefficient (Wildman–Crippen LogP) is 0.736. The second kappa shape index (κ2) is 5.78. The highest BCUT2D eigenvalue weighted by Crippen LogP contribution is 2.22. The fraction of sp³-hybridized carbons (Fsp3) is 0.538. The first-order valence-electron chi connectivity index (χ1n) is 6.23. The minimum Gasteiger partial charge on any atom is -0.384 e. The summed E-state index contributed by atoms with van der Waals surface area (Å²) in [6.45, 7) is 5.99. The number of nitrogen functional groups attached to an aromatic ring is 1. The zero-order chi connectivity index (χ0) is 15.6. The summed E-state index contributed by atoms with van der Waals surface area (Å²) in [5, 5.41) is 2.56. The topological polar surface area (TPSA) is 102 Å². The number of amides is 1. The van der Waals surface area contributed by atoms with Crippen molar-refractivity contribution in [3.8, 4) is 0 Å². The molecule has 1 aromatic rings. The number of aromatic nitrogens is 1. The molecule has 0 saturated carbocycles. The normalized spacial score (nSPS) is 12.2. The van der Waals surface area contributed by atoms with E-state index in [0.29, 0.717) is 11.3 Å². The summed E-state index contributed by atoms with van der Waals surface area (Å²) in [6, 6.07) is 3.15. The molecule has 0 aliphatic carbocycles. The fourth-order valence-electron chi connectivity index (χ4n) is 1.52. The van der Waals surface area contributed by atoms with Gasteiger partial charge in [0.15, 0.2) is 0 Å². The number of nitrogens with zero attached hydrogens (tertiary/aromatic N) is 1. The number of carbonyl (C=O) groups is 1. The lowest BCUT2D eigenvalue weighted by molar-refractivity contribution is 0.0956. The van der Waals surface area contributed by atoms with Crippen LogP contribution in [0.3, 0.4) is 0 Å². The molecule has 20 heavy (non-hydrogen) atoms. The highest BCUT2D eigenvalue weighted by atomic mass is 32.2. The van der Waals surface area contributed by atoms with Crippen molar-refractivity contribution in [3.05, 3.63) is 23.4 Å². The average molecular weight is 299 g/mol. The molecule has 0 saturated heterocycles. The Bertz CT molecular complexity index is 604. The minimum absolute atomic E-state index is 0.0742. The van der Waals surface area contributed by atoms with E-state index in [-0.39, 0.29) is 29.4 Å². The number of pyridine rings is 1. The lowest BCUT2D eigenvalue weighted by atomic mass is 9.90. The fourth-order valence-corrected chi connectivity index (χ4v) is 1.99. The van der Waals surface area contributed by atoms with Gasteiger partial charge in [-0.2, -0.15) is 0 Å². The summed E-state index contributed by atoms with van der Waals surface area (Å²) in [6.07, 6.45) is 1.13. The Kier molecular flexibility index (Phi) is 4.75. The van der Waals surface area contributed by atoms with Gasteiger partial charge in [0, 0.05) is 29.5 Å². The van der Waals surface area contributed by atoms with E-state index in [0.717, 1.165) is 6.26 Å². The summed E-state index contributed by atoms with van der Waals surface area (Å²) in [5.74, 6) is -0.176. The Morgan fingerprint density at radius 3 is 2.45 bits per heavy atom. The average Bonchev–Trinajstić information content (AvgIpc) is 2.25. The number of nitrogens with two attached hydrogens (primary N) is 1. The van der Waals surface area contributed by atoms with Crippen LogP contribution in [0.15, 0.2) is 12.1 Å². The number of nitrogens with one attached hydrogen (secondary N) is 1. The molecule has 0 spiro atoms. The third kappa shape index (κ3) is 5.16. The standard InChI is InChI=1S/C13H21N3O3S/c1-13(2,3)10-7-9(8-11(14)16-10)12(17)15-5-6-20(4,18)19/h7-8H,5-6H2,1-4H3,(H2,14,16)(H,15,17). The molecular formula is C13H21N3O3S. The second-order valence-electron chi connectivity index (χ2n) is 5.80. The molecule has 7 heteroatoms. The van der Waals surface area contributed by atoms with E-state index in [2.05, 4.69) is 10.3 Å². The summed E-state index contributed by atoms with van der Waals surface area (Å²) >= 11 is 0. The van der Waals surface area contributed by atoms with Gasteiger partial charge in [-0.3, -0.25) is 4.79 Å². The molecule has 0 aliphatic heterocycles. The number of carbonyl (C=O) groups excluding carboxylic acids is 1. The van der Waals surface area contributed by atoms with Crippen molar-refractivity contribution in [3.63, 3.8) is 0 Å². The van der Waals surface area contributed by atoms with Crippen molar-refractivity contribution in [2.24, 2.45) is 0 Å². The number of hydrogen-bond acceptors (Lipinski definition) is 5. The molecule has 0 atom stereocenters. The van der Waals surface area contributed by atoms with Gasteiger partial charge in [-0.25, -0.2) is 13.4 Å². The van der Waals surface area contributed by atoms with Crippen LogP contribution in [0.2, 0.25) is 0 Å². The number of rotatable bonds is 4. The van der Waals surface area contributed by atoms with Crippen molar-refractivity contribution < 1.29 is 13.2 Å². The molecule has 112 valence electrons. The molecule has 0 fully saturated rings. The smallest absolute Gasteiger partial charge is 0.251 e. The largest absolute Gasteiger partial charge is 0.384 e. The molecule has 0 aliphatic rings. The number of anilines is 1. The van der Waals surface area contributed by atoms with Crippen LogP contribution < -0.4 is 11.1 Å². The molecule has 1 aromatic heterocycles. The molecule has 0 radical (unpaired) electrons. The monoisotopic (exact) mass is 299 g/mol. The lowest BCUT2D eigenvalue weighted by Crippen LogP contribution is -2.29. The number of sulfone groups is 1. The van der Waals surface area contributed by atoms with E-state index in [9.17, 15) is 13.2 Å². The van der Waals surface area contributed by atoms with Crippen LogP contribution in [0.4, 0.5) is 5.82 Å². The lowest BCUT2D eigenvalue weighted by Gasteiger charge is -2.19. The molecular weight excluding hydrogens is 278 g/mol. The third-order valence-electron chi connectivity index (χ3n) is 2.63. The first kappa shape index (κ1) is 16.4. The molecule has 0 bridgehead atoms. The van der Waals surface area contributed by atoms with Crippen LogP contribution in [-0.2, 0) is 15.3 Å². The van der Waals surface area contributed by atoms with Crippen LogP contribution >= 0.6 is 0 Å². The van der Waals surface area contributed by atoms with Gasteiger partial charge < -0.3 is 11.1 Å². The van der Waals surface area contributed by atoms with Gasteiger partial charge in [0.1, 0.15) is 15.7 Å². The van der Waals surface area contributed by atoms with E-state index >= 15 is 0 Å². The Hall–Kier alpha value is -1.63. The van der Waals surface area contributed by atoms with Crippen molar-refractivity contribution in [2.75, 3.05) is 24.3 Å². The van der Waals surface area contributed by atoms with E-state index in [4.69, 9.17) is 5.73 Å². The summed E-state index contributed by atoms with van der Waals surface area (Å²) < 4.78 is 22.0. The maximum Gasteiger partial charge on any atom is 0.251 e. The van der Waals surface area contributed by atoms with Gasteiger partial charge in [-0.1, -0.05) is 20.8 Å². The minimum atomic E-state index is -3.09. The molecule has 0 unspecified atom stereocenters. The second-order valence-corrected chi connectivity index (χ2v) is 8.06. The SMILES string of the molecule is CC(C)(C)c1cc(C(=O)NCCS(C)(=O)=O)cc(N)n1. The van der Waals surface area contributed by atoms with Crippen molar-refractivity contribution >= 4 is 21.6 Å². The van der Waals surface area contributed by atoms with Gasteiger partial charge in [0.05, 0.1) is 5.75 Å². The Balaban J connectivity index is 2.86. The van der Waals surface area contributed by atoms with Crippen molar-refractivity contribution in [1.82, 2.24) is 10.3 Å². The van der Waals surface area contributed by atoms with Crippen LogP contribution in [0, 0.1) is 0 Å². The van der Waals surface area contributed by atoms with E-state index in [1.807, 2.05) is 20.8 Å². The highest BCUT2D eigenvalue weighted by Gasteiger charge is 2.18. The van der Waals surface area contributed by atoms with Crippen molar-refractivity contribution in [1.29, 1.82) is 0 Å². The van der Waals surface area contributed by atoms with E-state index in [1.54, 1.807) is 6.07 Å². The molecule has 3 N–H and O–H groups in total. The maximum atomic E-state index is 12.0. The quantitative estimate of drug-likeness (QED) is 0.853. The summed E-state index contributed by atoms with van der Waals surface area (Å²) in [5.41, 5.74) is 6.58. The van der Waals surface area contributed by atoms with Gasteiger partial charge >= 0.3 is 0 Å². The zero-order valence-corrected chi connectivity index (χ0v) is 13.0. The zero-order valence-electron chi connectivity index (χ0n) is 12.2. The van der Waals surface area contributed by atoms with Crippen LogP contribution in [0.5, 0.6) is 0 Å². The molecule has 1 heterocycles. The maximum absolute atomic E-state index is 12.0. The highest BCUT2D eigenvalue weighted by molar-refractivity contribution is 7.90. The van der Waals surface area contributed by atoms with E-state index < -0.39 is 9.84 Å². The summed E-state index contributed by atoms with van der Waals surface area (Å²) in [4.78, 5) is 16.2. The van der Waals surface area contributed by atoms with Gasteiger partial charge in [0.25, 0.3) is 5.91 Å². The van der Waals surface area contributed by atoms with E-state index in [1.165, 1.54) is 6.07 Å². The Morgan fingerprint density at radius 2 is 1.95 bits per heavy atom. The van der Waals surface area contributed by atoms with Crippen molar-refractivity contribution in [2.45, 2.75) is 26.2 Å². The Morgan fingerprint density at radius 1 is 1.35 bits per heavy atom. The summed E-state index contributed by atoms with van der Waals surface area (Å²) in [7, 11) is -3.09. The first-order chi connectivity index (χ1) is 8.99. The van der Waals surface area contributed by atoms with Gasteiger partial charge in [0.2, 0.25) is 0 Å². The molecule has 1 rings (SSSR count). The van der Waals surface area contributed by atoms with Gasteiger partial charge in [-0.15, -0.1) is 0 Å². The predicted molar refractivity (Wildman–Crippen MR) is 79.4 cm³/mol. The Labute approximate surface area is 119 Å².